The third-order valence-corrected chi connectivity index (χ3v) is 3.11. The predicted molar refractivity (Wildman–Crippen MR) is 61.2 cm³/mol. The quantitative estimate of drug-likeness (QED) is 0.563. The summed E-state index contributed by atoms with van der Waals surface area (Å²) in [4.78, 5) is 11.4. The maximum atomic E-state index is 11.4. The Labute approximate surface area is 98.8 Å². The molecule has 1 aromatic heterocycles. The number of likely N-dealkylation sites (N-methyl/N-ethyl adjacent to an activating group) is 1. The first-order chi connectivity index (χ1) is 7.69. The molecule has 0 saturated heterocycles. The van der Waals surface area contributed by atoms with Gasteiger partial charge in [-0.05, 0) is 6.54 Å². The number of hydrogen-bond donors (Lipinski definition) is 1. The van der Waals surface area contributed by atoms with Gasteiger partial charge in [0.15, 0.2) is 5.16 Å². The van der Waals surface area contributed by atoms with E-state index in [2.05, 4.69) is 15.5 Å². The van der Waals surface area contributed by atoms with Crippen molar-refractivity contribution in [3.63, 3.8) is 0 Å². The lowest BCUT2D eigenvalue weighted by Gasteiger charge is -2.14. The summed E-state index contributed by atoms with van der Waals surface area (Å²) in [5.74, 6) is 0.323. The number of carbonyl (C=O) groups is 1. The molecule has 1 unspecified atom stereocenters. The first-order valence-electron chi connectivity index (χ1n) is 4.97. The van der Waals surface area contributed by atoms with Crippen LogP contribution < -0.4 is 5.32 Å². The van der Waals surface area contributed by atoms with Gasteiger partial charge in [0.2, 0.25) is 0 Å². The van der Waals surface area contributed by atoms with Crippen molar-refractivity contribution < 1.29 is 9.53 Å². The molecule has 90 valence electrons. The molecule has 0 spiro atoms. The molecule has 0 saturated carbocycles. The van der Waals surface area contributed by atoms with Crippen LogP contribution in [0.3, 0.4) is 0 Å². The van der Waals surface area contributed by atoms with Crippen LogP contribution in [0.4, 0.5) is 0 Å². The minimum Gasteiger partial charge on any atom is -0.468 e. The summed E-state index contributed by atoms with van der Waals surface area (Å²) in [6, 6.07) is -0.309. The number of hydrogen-bond acceptors (Lipinski definition) is 6. The molecule has 1 N–H and O–H groups in total. The van der Waals surface area contributed by atoms with Gasteiger partial charge in [0, 0.05) is 12.8 Å². The molecule has 0 aliphatic carbocycles. The van der Waals surface area contributed by atoms with Crippen LogP contribution in [0.2, 0.25) is 0 Å². The molecule has 6 nitrogen and oxygen atoms in total. The van der Waals surface area contributed by atoms with Crippen molar-refractivity contribution >= 4 is 17.7 Å². The van der Waals surface area contributed by atoms with E-state index in [-0.39, 0.29) is 12.0 Å². The van der Waals surface area contributed by atoms with Gasteiger partial charge in [-0.1, -0.05) is 18.7 Å². The summed E-state index contributed by atoms with van der Waals surface area (Å²) in [6.45, 7) is 2.67. The number of nitrogens with zero attached hydrogens (tertiary/aromatic N) is 3. The van der Waals surface area contributed by atoms with Gasteiger partial charge in [-0.3, -0.25) is 4.79 Å². The van der Waals surface area contributed by atoms with E-state index >= 15 is 0 Å². The number of carbonyl (C=O) groups excluding carboxylic acids is 1. The van der Waals surface area contributed by atoms with Crippen LogP contribution in [0, 0.1) is 0 Å². The Morgan fingerprint density at radius 2 is 2.50 bits per heavy atom. The first-order valence-corrected chi connectivity index (χ1v) is 5.95. The normalized spacial score (nSPS) is 12.4. The maximum Gasteiger partial charge on any atom is 0.323 e. The van der Waals surface area contributed by atoms with Gasteiger partial charge in [0.1, 0.15) is 12.4 Å². The molecule has 1 aromatic rings. The lowest BCUT2D eigenvalue weighted by molar-refractivity contribution is -0.142. The second-order valence-electron chi connectivity index (χ2n) is 3.17. The first kappa shape index (κ1) is 13.0. The zero-order valence-electron chi connectivity index (χ0n) is 9.64. The number of nitrogens with one attached hydrogen (secondary N) is 1. The summed E-state index contributed by atoms with van der Waals surface area (Å²) >= 11 is 1.47. The average molecular weight is 244 g/mol. The summed E-state index contributed by atoms with van der Waals surface area (Å²) in [5.41, 5.74) is 0. The third-order valence-electron chi connectivity index (χ3n) is 1.99. The number of methoxy groups -OCH3 is 1. The Balaban J connectivity index is 2.50. The van der Waals surface area contributed by atoms with Crippen LogP contribution >= 0.6 is 11.8 Å². The molecule has 0 aliphatic rings. The highest BCUT2D eigenvalue weighted by Gasteiger charge is 2.18. The maximum absolute atomic E-state index is 11.4. The zero-order valence-corrected chi connectivity index (χ0v) is 10.5. The zero-order chi connectivity index (χ0) is 12.0. The standard InChI is InChI=1S/C9H16N4O2S/c1-4-10-7(8(14)15-3)5-16-9-12-11-6-13(9)2/h6-7,10H,4-5H2,1-3H3. The summed E-state index contributed by atoms with van der Waals surface area (Å²) in [6.07, 6.45) is 1.63. The lowest BCUT2D eigenvalue weighted by Crippen LogP contribution is -2.39. The second-order valence-corrected chi connectivity index (χ2v) is 4.16. The Kier molecular flexibility index (Phi) is 5.27. The molecule has 0 bridgehead atoms. The SMILES string of the molecule is CCNC(CSc1nncn1C)C(=O)OC. The van der Waals surface area contributed by atoms with Crippen molar-refractivity contribution in [2.24, 2.45) is 7.05 Å². The fraction of sp³-hybridized carbons (Fsp3) is 0.667. The van der Waals surface area contributed by atoms with Gasteiger partial charge in [-0.15, -0.1) is 10.2 Å². The largest absolute Gasteiger partial charge is 0.468 e. The van der Waals surface area contributed by atoms with Crippen molar-refractivity contribution in [3.05, 3.63) is 6.33 Å². The molecule has 0 amide bonds. The number of rotatable bonds is 6. The van der Waals surface area contributed by atoms with Crippen LogP contribution in [0.1, 0.15) is 6.92 Å². The van der Waals surface area contributed by atoms with Gasteiger partial charge in [0.05, 0.1) is 7.11 Å². The van der Waals surface area contributed by atoms with Crippen molar-refractivity contribution in [2.75, 3.05) is 19.4 Å². The van der Waals surface area contributed by atoms with E-state index in [1.807, 2.05) is 18.5 Å². The smallest absolute Gasteiger partial charge is 0.323 e. The lowest BCUT2D eigenvalue weighted by atomic mass is 10.3. The second kappa shape index (κ2) is 6.49. The summed E-state index contributed by atoms with van der Waals surface area (Å²) in [7, 11) is 3.25. The van der Waals surface area contributed by atoms with Crippen molar-refractivity contribution in [2.45, 2.75) is 18.1 Å². The molecule has 0 fully saturated rings. The van der Waals surface area contributed by atoms with Crippen molar-refractivity contribution in [3.8, 4) is 0 Å². The van der Waals surface area contributed by atoms with Crippen LogP contribution in [0.5, 0.6) is 0 Å². The van der Waals surface area contributed by atoms with Gasteiger partial charge in [0.25, 0.3) is 0 Å². The molecule has 1 atom stereocenters. The van der Waals surface area contributed by atoms with Crippen LogP contribution in [-0.2, 0) is 16.6 Å². The van der Waals surface area contributed by atoms with Gasteiger partial charge in [-0.25, -0.2) is 0 Å². The molecule has 1 heterocycles. The third kappa shape index (κ3) is 3.49. The fourth-order valence-corrected chi connectivity index (χ4v) is 2.09. The summed E-state index contributed by atoms with van der Waals surface area (Å²) in [5, 5.41) is 11.5. The minimum atomic E-state index is -0.309. The minimum absolute atomic E-state index is 0.253. The van der Waals surface area contributed by atoms with Gasteiger partial charge in [-0.2, -0.15) is 0 Å². The van der Waals surface area contributed by atoms with Gasteiger partial charge >= 0.3 is 5.97 Å². The van der Waals surface area contributed by atoms with Crippen LogP contribution in [-0.4, -0.2) is 46.2 Å². The molecular weight excluding hydrogens is 228 g/mol. The topological polar surface area (TPSA) is 69.0 Å². The Morgan fingerprint density at radius 3 is 3.00 bits per heavy atom. The molecule has 0 radical (unpaired) electrons. The molecule has 0 aliphatic heterocycles. The van der Waals surface area contributed by atoms with E-state index in [9.17, 15) is 4.79 Å². The fourth-order valence-electron chi connectivity index (χ4n) is 1.16. The Hall–Kier alpha value is -1.08. The molecule has 1 rings (SSSR count). The van der Waals surface area contributed by atoms with Crippen molar-refractivity contribution in [1.82, 2.24) is 20.1 Å². The van der Waals surface area contributed by atoms with Crippen LogP contribution in [0.15, 0.2) is 11.5 Å². The molecular formula is C9H16N4O2S. The highest BCUT2D eigenvalue weighted by atomic mass is 32.2. The molecule has 7 heteroatoms. The predicted octanol–water partition coefficient (Wildman–Crippen LogP) is 0.0583. The summed E-state index contributed by atoms with van der Waals surface area (Å²) < 4.78 is 6.52. The number of aromatic nitrogens is 3. The number of ether oxygens (including phenoxy) is 1. The van der Waals surface area contributed by atoms with E-state index in [1.165, 1.54) is 18.9 Å². The van der Waals surface area contributed by atoms with Crippen LogP contribution in [0.25, 0.3) is 0 Å². The number of aryl methyl sites for hydroxylation is 1. The number of thioether (sulfide) groups is 1. The van der Waals surface area contributed by atoms with E-state index in [0.717, 1.165) is 11.7 Å². The molecule has 16 heavy (non-hydrogen) atoms. The number of esters is 1. The van der Waals surface area contributed by atoms with E-state index in [0.29, 0.717) is 5.75 Å². The Bertz CT molecular complexity index is 342. The highest BCUT2D eigenvalue weighted by Crippen LogP contribution is 2.14. The Morgan fingerprint density at radius 1 is 1.75 bits per heavy atom. The van der Waals surface area contributed by atoms with E-state index in [4.69, 9.17) is 4.74 Å². The molecule has 0 aromatic carbocycles. The average Bonchev–Trinajstić information content (AvgIpc) is 2.69. The van der Waals surface area contributed by atoms with E-state index in [1.54, 1.807) is 6.33 Å². The highest BCUT2D eigenvalue weighted by molar-refractivity contribution is 7.99. The monoisotopic (exact) mass is 244 g/mol. The van der Waals surface area contributed by atoms with E-state index < -0.39 is 0 Å². The van der Waals surface area contributed by atoms with Gasteiger partial charge < -0.3 is 14.6 Å². The van der Waals surface area contributed by atoms with Crippen molar-refractivity contribution in [1.29, 1.82) is 0 Å².